The van der Waals surface area contributed by atoms with Gasteiger partial charge in [0, 0.05) is 34.9 Å². The van der Waals surface area contributed by atoms with Crippen LogP contribution in [0.25, 0.3) is 11.3 Å². The Bertz CT molecular complexity index is 1370. The van der Waals surface area contributed by atoms with Gasteiger partial charge in [-0.2, -0.15) is 0 Å². The van der Waals surface area contributed by atoms with Gasteiger partial charge in [-0.15, -0.1) is 5.10 Å². The molecule has 5 atom stereocenters. The number of hydrogen-bond acceptors (Lipinski definition) is 9. The zero-order valence-electron chi connectivity index (χ0n) is 19.5. The maximum absolute atomic E-state index is 13.8. The standard InChI is InChI=1S/C24H21BrF3N5O5/c25-14-3-12(7-29-8-14)4-19-24(36-11-15-1-2-37-31-15)22(23(35)20(10-34)38-19)33-9-18(30-32-33)13-5-16(26)21(28)17(27)6-13/h1-3,5-9,19-20,22-24,34-35H,4,10-11H2. The number of rotatable bonds is 8. The highest BCUT2D eigenvalue weighted by Gasteiger charge is 2.47. The normalized spacial score (nSPS) is 23.6. The number of hydrogen-bond donors (Lipinski definition) is 2. The second kappa shape index (κ2) is 11.3. The molecule has 0 amide bonds. The number of aromatic nitrogens is 5. The second-order valence-electron chi connectivity index (χ2n) is 8.70. The highest BCUT2D eigenvalue weighted by molar-refractivity contribution is 9.10. The Balaban J connectivity index is 1.51. The fourth-order valence-corrected chi connectivity index (χ4v) is 4.81. The summed E-state index contributed by atoms with van der Waals surface area (Å²) < 4.78 is 60.2. The van der Waals surface area contributed by atoms with E-state index in [1.165, 1.54) is 17.1 Å². The Kier molecular flexibility index (Phi) is 7.85. The summed E-state index contributed by atoms with van der Waals surface area (Å²) in [5.41, 5.74) is 1.26. The fourth-order valence-electron chi connectivity index (χ4n) is 4.40. The lowest BCUT2D eigenvalue weighted by atomic mass is 9.89. The van der Waals surface area contributed by atoms with Crippen molar-refractivity contribution in [3.05, 3.63) is 82.3 Å². The molecule has 5 rings (SSSR count). The van der Waals surface area contributed by atoms with Crippen LogP contribution in [0.3, 0.4) is 0 Å². The van der Waals surface area contributed by atoms with Crippen LogP contribution in [0.2, 0.25) is 0 Å². The Hall–Kier alpha value is -3.17. The van der Waals surface area contributed by atoms with E-state index in [9.17, 15) is 23.4 Å². The van der Waals surface area contributed by atoms with Crippen molar-refractivity contribution in [2.75, 3.05) is 6.61 Å². The van der Waals surface area contributed by atoms with Crippen LogP contribution in [0, 0.1) is 17.5 Å². The van der Waals surface area contributed by atoms with Crippen LogP contribution < -0.4 is 0 Å². The number of nitrogens with zero attached hydrogens (tertiary/aromatic N) is 5. The molecule has 4 aromatic rings. The molecule has 1 aromatic carbocycles. The van der Waals surface area contributed by atoms with Crippen LogP contribution in [0.5, 0.6) is 0 Å². The number of halogens is 4. The maximum atomic E-state index is 13.8. The third-order valence-corrected chi connectivity index (χ3v) is 6.61. The van der Waals surface area contributed by atoms with E-state index < -0.39 is 54.5 Å². The molecule has 0 bridgehead atoms. The number of aliphatic hydroxyl groups excluding tert-OH is 2. The molecule has 38 heavy (non-hydrogen) atoms. The van der Waals surface area contributed by atoms with Crippen molar-refractivity contribution in [1.29, 1.82) is 0 Å². The molecule has 4 heterocycles. The monoisotopic (exact) mass is 595 g/mol. The van der Waals surface area contributed by atoms with E-state index in [-0.39, 0.29) is 17.9 Å². The van der Waals surface area contributed by atoms with Crippen molar-refractivity contribution < 1.29 is 37.4 Å². The minimum atomic E-state index is -1.60. The predicted molar refractivity (Wildman–Crippen MR) is 127 cm³/mol. The smallest absolute Gasteiger partial charge is 0.194 e. The maximum Gasteiger partial charge on any atom is 0.194 e. The van der Waals surface area contributed by atoms with Crippen LogP contribution in [-0.4, -0.2) is 66.4 Å². The van der Waals surface area contributed by atoms with Gasteiger partial charge >= 0.3 is 0 Å². The number of ether oxygens (including phenoxy) is 2. The van der Waals surface area contributed by atoms with Crippen LogP contribution in [0.1, 0.15) is 17.3 Å². The molecule has 0 aliphatic carbocycles. The minimum Gasteiger partial charge on any atom is -0.394 e. The molecule has 14 heteroatoms. The predicted octanol–water partition coefficient (Wildman–Crippen LogP) is 3.00. The molecule has 1 aliphatic heterocycles. The largest absolute Gasteiger partial charge is 0.394 e. The first-order valence-corrected chi connectivity index (χ1v) is 12.2. The lowest BCUT2D eigenvalue weighted by Crippen LogP contribution is -2.57. The van der Waals surface area contributed by atoms with Crippen molar-refractivity contribution in [2.45, 2.75) is 43.5 Å². The molecule has 0 saturated carbocycles. The van der Waals surface area contributed by atoms with Gasteiger partial charge in [0.15, 0.2) is 17.5 Å². The molecule has 200 valence electrons. The SMILES string of the molecule is OCC1OC(Cc2cncc(Br)c2)C(OCc2ccon2)C(n2cc(-c3cc(F)c(F)c(F)c3)nn2)C1O. The Morgan fingerprint density at radius 3 is 2.58 bits per heavy atom. The summed E-state index contributed by atoms with van der Waals surface area (Å²) in [6.07, 6.45) is 2.44. The van der Waals surface area contributed by atoms with Crippen LogP contribution in [-0.2, 0) is 22.5 Å². The van der Waals surface area contributed by atoms with Crippen molar-refractivity contribution in [3.63, 3.8) is 0 Å². The Morgan fingerprint density at radius 2 is 1.89 bits per heavy atom. The summed E-state index contributed by atoms with van der Waals surface area (Å²) in [5.74, 6) is -4.35. The number of benzene rings is 1. The second-order valence-corrected chi connectivity index (χ2v) is 9.61. The summed E-state index contributed by atoms with van der Waals surface area (Å²) in [4.78, 5) is 4.17. The van der Waals surface area contributed by atoms with Gasteiger partial charge in [0.1, 0.15) is 42.0 Å². The zero-order chi connectivity index (χ0) is 26.8. The Morgan fingerprint density at radius 1 is 1.11 bits per heavy atom. The van der Waals surface area contributed by atoms with Gasteiger partial charge in [0.25, 0.3) is 0 Å². The molecule has 1 aliphatic rings. The summed E-state index contributed by atoms with van der Waals surface area (Å²) in [6, 6.07) is 4.11. The van der Waals surface area contributed by atoms with Gasteiger partial charge in [-0.05, 0) is 39.7 Å². The highest BCUT2D eigenvalue weighted by Crippen LogP contribution is 2.35. The summed E-state index contributed by atoms with van der Waals surface area (Å²) in [7, 11) is 0. The van der Waals surface area contributed by atoms with E-state index in [0.29, 0.717) is 12.1 Å². The van der Waals surface area contributed by atoms with Gasteiger partial charge < -0.3 is 24.2 Å². The quantitative estimate of drug-likeness (QED) is 0.295. The minimum absolute atomic E-state index is 0.000706. The zero-order valence-corrected chi connectivity index (χ0v) is 21.1. The summed E-state index contributed by atoms with van der Waals surface area (Å²) in [5, 5.41) is 33.0. The van der Waals surface area contributed by atoms with E-state index in [2.05, 4.69) is 36.4 Å². The van der Waals surface area contributed by atoms with E-state index in [0.717, 1.165) is 22.2 Å². The lowest BCUT2D eigenvalue weighted by molar-refractivity contribution is -0.221. The average Bonchev–Trinajstić information content (AvgIpc) is 3.59. The first-order chi connectivity index (χ1) is 18.3. The molecule has 1 saturated heterocycles. The molecule has 5 unspecified atom stereocenters. The fraction of sp³-hybridized carbons (Fsp3) is 0.333. The summed E-state index contributed by atoms with van der Waals surface area (Å²) in [6.45, 7) is -0.502. The number of pyridine rings is 1. The van der Waals surface area contributed by atoms with Crippen molar-refractivity contribution in [1.82, 2.24) is 25.1 Å². The topological polar surface area (TPSA) is 129 Å². The molecular formula is C24H21BrF3N5O5. The lowest BCUT2D eigenvalue weighted by Gasteiger charge is -2.44. The van der Waals surface area contributed by atoms with Crippen molar-refractivity contribution in [2.24, 2.45) is 0 Å². The molecule has 1 fully saturated rings. The Labute approximate surface area is 222 Å². The van der Waals surface area contributed by atoms with Gasteiger partial charge in [-0.3, -0.25) is 4.98 Å². The molecule has 10 nitrogen and oxygen atoms in total. The molecule has 2 N–H and O–H groups in total. The van der Waals surface area contributed by atoms with Crippen LogP contribution in [0.4, 0.5) is 13.2 Å². The molecule has 0 spiro atoms. The molecule has 0 radical (unpaired) electrons. The molecular weight excluding hydrogens is 575 g/mol. The third-order valence-electron chi connectivity index (χ3n) is 6.17. The van der Waals surface area contributed by atoms with Crippen molar-refractivity contribution >= 4 is 15.9 Å². The van der Waals surface area contributed by atoms with Gasteiger partial charge in [-0.25, -0.2) is 17.9 Å². The van der Waals surface area contributed by atoms with E-state index in [1.54, 1.807) is 18.5 Å². The first-order valence-electron chi connectivity index (χ1n) is 11.5. The summed E-state index contributed by atoms with van der Waals surface area (Å²) >= 11 is 3.39. The highest BCUT2D eigenvalue weighted by atomic mass is 79.9. The van der Waals surface area contributed by atoms with Gasteiger partial charge in [-0.1, -0.05) is 10.4 Å². The molecule has 3 aromatic heterocycles. The van der Waals surface area contributed by atoms with Gasteiger partial charge in [0.2, 0.25) is 0 Å². The third kappa shape index (κ3) is 5.49. The first kappa shape index (κ1) is 26.4. The van der Waals surface area contributed by atoms with E-state index in [4.69, 9.17) is 14.0 Å². The van der Waals surface area contributed by atoms with Gasteiger partial charge in [0.05, 0.1) is 25.5 Å². The van der Waals surface area contributed by atoms with E-state index in [1.807, 2.05) is 6.07 Å². The van der Waals surface area contributed by atoms with Crippen molar-refractivity contribution in [3.8, 4) is 11.3 Å². The average molecular weight is 596 g/mol. The van der Waals surface area contributed by atoms with E-state index >= 15 is 0 Å². The number of aliphatic hydroxyl groups is 2. The van der Waals surface area contributed by atoms with Crippen LogP contribution in [0.15, 0.2) is 58.1 Å². The van der Waals surface area contributed by atoms with Crippen LogP contribution >= 0.6 is 15.9 Å².